The lowest BCUT2D eigenvalue weighted by Gasteiger charge is -2.31. The Kier molecular flexibility index (Phi) is 6.71. The maximum Gasteiger partial charge on any atom is 0.291 e. The highest BCUT2D eigenvalue weighted by atomic mass is 16.5. The first-order valence-corrected chi connectivity index (χ1v) is 12.5. The third-order valence-corrected chi connectivity index (χ3v) is 7.36. The van der Waals surface area contributed by atoms with Crippen LogP contribution in [0, 0.1) is 5.92 Å². The second-order valence-electron chi connectivity index (χ2n) is 9.65. The van der Waals surface area contributed by atoms with E-state index in [1.807, 2.05) is 37.3 Å². The van der Waals surface area contributed by atoms with Gasteiger partial charge < -0.3 is 14.4 Å². The molecule has 184 valence electrons. The van der Waals surface area contributed by atoms with Gasteiger partial charge in [-0.2, -0.15) is 0 Å². The highest BCUT2D eigenvalue weighted by molar-refractivity contribution is 6.44. The molecule has 0 bridgehead atoms. The zero-order valence-electron chi connectivity index (χ0n) is 20.4. The maximum absolute atomic E-state index is 13.8. The van der Waals surface area contributed by atoms with E-state index in [9.17, 15) is 14.4 Å². The number of hydrogen-bond donors (Lipinski definition) is 0. The van der Waals surface area contributed by atoms with Crippen molar-refractivity contribution in [1.29, 1.82) is 0 Å². The quantitative estimate of drug-likeness (QED) is 0.348. The highest BCUT2D eigenvalue weighted by Gasteiger charge is 2.51. The molecule has 1 amide bonds. The lowest BCUT2D eigenvalue weighted by atomic mass is 9.85. The standard InChI is InChI=1S/C28H32N2O5/c1-3-19-4-6-20(7-5-19)25-24(26(31)21-8-9-23-22(17-21)16-18(2)35-23)27(32)28(33)30(25)11-10-29-12-14-34-15-13-29/h4-9,17-18,24-25H,3,10-16H2,1-2H3. The molecule has 0 saturated carbocycles. The van der Waals surface area contributed by atoms with E-state index >= 15 is 0 Å². The summed E-state index contributed by atoms with van der Waals surface area (Å²) >= 11 is 0. The zero-order valence-corrected chi connectivity index (χ0v) is 20.4. The smallest absolute Gasteiger partial charge is 0.291 e. The number of carbonyl (C=O) groups excluding carboxylic acids is 3. The van der Waals surface area contributed by atoms with E-state index in [2.05, 4.69) is 11.8 Å². The molecule has 5 rings (SSSR count). The number of aryl methyl sites for hydroxylation is 1. The van der Waals surface area contributed by atoms with Crippen LogP contribution in [-0.2, 0) is 27.2 Å². The average molecular weight is 477 g/mol. The average Bonchev–Trinajstić information content (AvgIpc) is 3.38. The molecule has 0 radical (unpaired) electrons. The molecule has 2 saturated heterocycles. The van der Waals surface area contributed by atoms with E-state index in [1.54, 1.807) is 17.0 Å². The third-order valence-electron chi connectivity index (χ3n) is 7.36. The number of Topliss-reactive ketones (excluding diaryl/α,β-unsaturated/α-hetero) is 2. The van der Waals surface area contributed by atoms with Crippen LogP contribution < -0.4 is 4.74 Å². The number of carbonyl (C=O) groups is 3. The Morgan fingerprint density at radius 2 is 1.77 bits per heavy atom. The van der Waals surface area contributed by atoms with E-state index in [-0.39, 0.29) is 11.9 Å². The first-order valence-electron chi connectivity index (χ1n) is 12.5. The molecule has 2 aromatic carbocycles. The van der Waals surface area contributed by atoms with Gasteiger partial charge in [0.15, 0.2) is 5.78 Å². The van der Waals surface area contributed by atoms with Gasteiger partial charge in [-0.05, 0) is 48.2 Å². The second-order valence-corrected chi connectivity index (χ2v) is 9.65. The van der Waals surface area contributed by atoms with Crippen LogP contribution >= 0.6 is 0 Å². The van der Waals surface area contributed by atoms with Crippen LogP contribution in [0.1, 0.15) is 46.9 Å². The first-order chi connectivity index (χ1) is 17.0. The number of nitrogens with zero attached hydrogens (tertiary/aromatic N) is 2. The number of hydrogen-bond acceptors (Lipinski definition) is 6. The molecule has 7 nitrogen and oxygen atoms in total. The third kappa shape index (κ3) is 4.62. The highest BCUT2D eigenvalue weighted by Crippen LogP contribution is 2.39. The van der Waals surface area contributed by atoms with Crippen LogP contribution in [-0.4, -0.2) is 72.8 Å². The van der Waals surface area contributed by atoms with E-state index in [1.165, 1.54) is 5.56 Å². The minimum absolute atomic E-state index is 0.0607. The monoisotopic (exact) mass is 476 g/mol. The Hall–Kier alpha value is -3.03. The molecule has 0 N–H and O–H groups in total. The van der Waals surface area contributed by atoms with Crippen LogP contribution in [0.5, 0.6) is 5.75 Å². The largest absolute Gasteiger partial charge is 0.490 e. The van der Waals surface area contributed by atoms with Crippen LogP contribution in [0.4, 0.5) is 0 Å². The minimum Gasteiger partial charge on any atom is -0.490 e. The maximum atomic E-state index is 13.8. The molecule has 0 aliphatic carbocycles. The van der Waals surface area contributed by atoms with Gasteiger partial charge in [0.1, 0.15) is 17.8 Å². The van der Waals surface area contributed by atoms with Crippen molar-refractivity contribution >= 4 is 17.5 Å². The second kappa shape index (κ2) is 9.91. The lowest BCUT2D eigenvalue weighted by molar-refractivity contribution is -0.141. The summed E-state index contributed by atoms with van der Waals surface area (Å²) in [5.74, 6) is -1.77. The molecule has 0 aromatic heterocycles. The summed E-state index contributed by atoms with van der Waals surface area (Å²) in [5, 5.41) is 0. The van der Waals surface area contributed by atoms with Crippen molar-refractivity contribution in [3.05, 3.63) is 64.7 Å². The van der Waals surface area contributed by atoms with Crippen LogP contribution in [0.2, 0.25) is 0 Å². The molecule has 35 heavy (non-hydrogen) atoms. The van der Waals surface area contributed by atoms with Crippen molar-refractivity contribution in [2.75, 3.05) is 39.4 Å². The molecule has 3 aliphatic heterocycles. The number of morpholine rings is 1. The number of fused-ring (bicyclic) bond motifs is 1. The Labute approximate surface area is 206 Å². The molecule has 3 atom stereocenters. The summed E-state index contributed by atoms with van der Waals surface area (Å²) in [4.78, 5) is 44.1. The molecular weight excluding hydrogens is 444 g/mol. The summed E-state index contributed by atoms with van der Waals surface area (Å²) in [5.41, 5.74) is 3.41. The number of amides is 1. The van der Waals surface area contributed by atoms with Crippen molar-refractivity contribution in [2.24, 2.45) is 5.92 Å². The molecule has 3 heterocycles. The number of ether oxygens (including phenoxy) is 2. The Balaban J connectivity index is 1.46. The number of likely N-dealkylation sites (tertiary alicyclic amines) is 1. The van der Waals surface area contributed by atoms with Crippen molar-refractivity contribution in [1.82, 2.24) is 9.80 Å². The van der Waals surface area contributed by atoms with E-state index in [4.69, 9.17) is 9.47 Å². The lowest BCUT2D eigenvalue weighted by Crippen LogP contribution is -2.42. The fraction of sp³-hybridized carbons (Fsp3) is 0.464. The van der Waals surface area contributed by atoms with Crippen LogP contribution in [0.15, 0.2) is 42.5 Å². The molecule has 3 aliphatic rings. The molecular formula is C28H32N2O5. The van der Waals surface area contributed by atoms with Gasteiger partial charge in [0, 0.05) is 38.2 Å². The number of benzene rings is 2. The van der Waals surface area contributed by atoms with Gasteiger partial charge in [-0.3, -0.25) is 19.3 Å². The Bertz CT molecular complexity index is 1120. The van der Waals surface area contributed by atoms with Crippen molar-refractivity contribution in [3.8, 4) is 5.75 Å². The van der Waals surface area contributed by atoms with Crippen LogP contribution in [0.3, 0.4) is 0 Å². The summed E-state index contributed by atoms with van der Waals surface area (Å²) in [6, 6.07) is 12.7. The predicted octanol–water partition coefficient (Wildman–Crippen LogP) is 2.86. The topological polar surface area (TPSA) is 76.2 Å². The van der Waals surface area contributed by atoms with Gasteiger partial charge in [-0.25, -0.2) is 0 Å². The van der Waals surface area contributed by atoms with E-state index in [0.717, 1.165) is 42.8 Å². The summed E-state index contributed by atoms with van der Waals surface area (Å²) in [7, 11) is 0. The van der Waals surface area contributed by atoms with Crippen molar-refractivity contribution in [2.45, 2.75) is 38.8 Å². The fourth-order valence-corrected chi connectivity index (χ4v) is 5.38. The van der Waals surface area contributed by atoms with Gasteiger partial charge in [0.25, 0.3) is 5.91 Å². The minimum atomic E-state index is -1.06. The van der Waals surface area contributed by atoms with E-state index in [0.29, 0.717) is 31.9 Å². The molecule has 2 fully saturated rings. The molecule has 7 heteroatoms. The van der Waals surface area contributed by atoms with Gasteiger partial charge in [0.05, 0.1) is 19.3 Å². The SMILES string of the molecule is CCc1ccc(C2C(C(=O)c3ccc4c(c3)CC(C)O4)C(=O)C(=O)N2CCN2CCOCC2)cc1. The predicted molar refractivity (Wildman–Crippen MR) is 131 cm³/mol. The normalized spacial score (nSPS) is 24.5. The Morgan fingerprint density at radius 1 is 1.03 bits per heavy atom. The van der Waals surface area contributed by atoms with Gasteiger partial charge in [0.2, 0.25) is 5.78 Å². The van der Waals surface area contributed by atoms with Gasteiger partial charge in [-0.1, -0.05) is 31.2 Å². The number of ketones is 2. The molecule has 2 aromatic rings. The Morgan fingerprint density at radius 3 is 2.49 bits per heavy atom. The van der Waals surface area contributed by atoms with Gasteiger partial charge in [-0.15, -0.1) is 0 Å². The van der Waals surface area contributed by atoms with Gasteiger partial charge >= 0.3 is 0 Å². The zero-order chi connectivity index (χ0) is 24.5. The molecule has 3 unspecified atom stereocenters. The van der Waals surface area contributed by atoms with Crippen LogP contribution in [0.25, 0.3) is 0 Å². The number of rotatable bonds is 7. The van der Waals surface area contributed by atoms with Crippen molar-refractivity contribution < 1.29 is 23.9 Å². The summed E-state index contributed by atoms with van der Waals surface area (Å²) in [6.45, 7) is 8.02. The summed E-state index contributed by atoms with van der Waals surface area (Å²) in [6.07, 6.45) is 1.67. The van der Waals surface area contributed by atoms with E-state index < -0.39 is 23.7 Å². The first kappa shape index (κ1) is 23.7. The van der Waals surface area contributed by atoms with Crippen molar-refractivity contribution in [3.63, 3.8) is 0 Å². The molecule has 0 spiro atoms. The fourth-order valence-electron chi connectivity index (χ4n) is 5.38. The summed E-state index contributed by atoms with van der Waals surface area (Å²) < 4.78 is 11.2.